The summed E-state index contributed by atoms with van der Waals surface area (Å²) in [6.45, 7) is 4.62. The number of allylic oxidation sites excluding steroid dienone is 1. The van der Waals surface area contributed by atoms with E-state index in [1.807, 2.05) is 0 Å². The van der Waals surface area contributed by atoms with Crippen LogP contribution in [-0.2, 0) is 16.7 Å². The third kappa shape index (κ3) is 2.61. The molecule has 0 N–H and O–H groups in total. The molecule has 0 aliphatic heterocycles. The van der Waals surface area contributed by atoms with Gasteiger partial charge in [0.1, 0.15) is 0 Å². The van der Waals surface area contributed by atoms with Crippen molar-refractivity contribution in [3.8, 4) is 0 Å². The van der Waals surface area contributed by atoms with E-state index in [1.165, 1.54) is 16.3 Å². The van der Waals surface area contributed by atoms with E-state index in [0.29, 0.717) is 0 Å². The Morgan fingerprint density at radius 3 is 2.17 bits per heavy atom. The zero-order valence-corrected chi connectivity index (χ0v) is 18.0. The first kappa shape index (κ1) is 17.8. The minimum atomic E-state index is -3.66. The number of halogens is 3. The summed E-state index contributed by atoms with van der Waals surface area (Å²) in [5, 5.41) is 1.36. The molecular formula is C18H19Cl3SiTi. The van der Waals surface area contributed by atoms with Gasteiger partial charge in [-0.25, -0.2) is 0 Å². The first-order chi connectivity index (χ1) is 10.9. The van der Waals surface area contributed by atoms with Crippen molar-refractivity contribution in [2.45, 2.75) is 22.9 Å². The average molecular weight is 418 g/mol. The van der Waals surface area contributed by atoms with Gasteiger partial charge in [0.05, 0.1) is 0 Å². The second-order valence-electron chi connectivity index (χ2n) is 6.28. The second-order valence-corrected chi connectivity index (χ2v) is 24.0. The van der Waals surface area contributed by atoms with Gasteiger partial charge in [-0.1, -0.05) is 0 Å². The Balaban J connectivity index is 2.33. The van der Waals surface area contributed by atoms with E-state index in [1.54, 1.807) is 0 Å². The predicted octanol–water partition coefficient (Wildman–Crippen LogP) is 6.07. The van der Waals surface area contributed by atoms with Gasteiger partial charge in [0, 0.05) is 0 Å². The molecule has 5 heteroatoms. The van der Waals surface area contributed by atoms with Crippen LogP contribution in [0.1, 0.15) is 18.1 Å². The van der Waals surface area contributed by atoms with E-state index >= 15 is 0 Å². The van der Waals surface area contributed by atoms with Crippen molar-refractivity contribution in [1.82, 2.24) is 0 Å². The summed E-state index contributed by atoms with van der Waals surface area (Å²) < 4.78 is -0.385. The van der Waals surface area contributed by atoms with Crippen LogP contribution in [0.25, 0.3) is 6.08 Å². The van der Waals surface area contributed by atoms with Crippen molar-refractivity contribution in [1.29, 1.82) is 0 Å². The third-order valence-electron chi connectivity index (χ3n) is 5.33. The van der Waals surface area contributed by atoms with Gasteiger partial charge >= 0.3 is 155 Å². The van der Waals surface area contributed by atoms with Crippen molar-refractivity contribution in [3.63, 3.8) is 0 Å². The van der Waals surface area contributed by atoms with Crippen LogP contribution in [0.2, 0.25) is 12.6 Å². The molecule has 0 bridgehead atoms. The Bertz CT molecular complexity index is 741. The van der Waals surface area contributed by atoms with Crippen molar-refractivity contribution in [2.24, 2.45) is 0 Å². The van der Waals surface area contributed by atoms with Crippen molar-refractivity contribution in [3.05, 3.63) is 71.8 Å². The fourth-order valence-electron chi connectivity index (χ4n) is 3.86. The first-order valence-electron chi connectivity index (χ1n) is 7.78. The van der Waals surface area contributed by atoms with Crippen LogP contribution in [0.5, 0.6) is 0 Å². The zero-order chi connectivity index (χ0) is 16.7. The molecule has 23 heavy (non-hydrogen) atoms. The van der Waals surface area contributed by atoms with Gasteiger partial charge < -0.3 is 0 Å². The van der Waals surface area contributed by atoms with Crippen LogP contribution in [0.15, 0.2) is 60.7 Å². The number of benzene rings is 2. The van der Waals surface area contributed by atoms with Crippen LogP contribution in [-0.4, -0.2) is 8.07 Å². The van der Waals surface area contributed by atoms with E-state index in [9.17, 15) is 0 Å². The number of rotatable bonds is 4. The molecule has 2 aromatic carbocycles. The fraction of sp³-hybridized carbons (Fsp3) is 0.222. The molecule has 1 aliphatic rings. The second kappa shape index (κ2) is 6.37. The standard InChI is InChI=1S/C18H19Si.3ClH.Ti/c1-3-19(2,16-10-5-4-6-11-16)18-14-13-15-9-7-8-12-17(15)18;;;;/h4-14H,3H2,1-2H3;3*1H;/q;;;;+3/p-3. The summed E-state index contributed by atoms with van der Waals surface area (Å²) >= 11 is -3.66. The Kier molecular flexibility index (Phi) is 4.93. The monoisotopic (exact) mass is 416 g/mol. The van der Waals surface area contributed by atoms with Gasteiger partial charge in [-0.3, -0.25) is 0 Å². The molecule has 0 aromatic heterocycles. The molecule has 2 aromatic rings. The van der Waals surface area contributed by atoms with Crippen LogP contribution in [0, 0.1) is 0 Å². The summed E-state index contributed by atoms with van der Waals surface area (Å²) in [6, 6.07) is 20.1. The quantitative estimate of drug-likeness (QED) is 0.530. The Morgan fingerprint density at radius 2 is 1.57 bits per heavy atom. The predicted molar refractivity (Wildman–Crippen MR) is 103 cm³/mol. The Labute approximate surface area is 154 Å². The Morgan fingerprint density at radius 1 is 0.957 bits per heavy atom. The van der Waals surface area contributed by atoms with Crippen molar-refractivity contribution < 1.29 is 13.4 Å². The molecule has 3 rings (SSSR count). The molecule has 1 aliphatic carbocycles. The SMILES string of the molecule is CC[Si](C)(c1ccccc1)[C]1([Ti]([Cl])([Cl])[Cl])C=Cc2ccccc21. The van der Waals surface area contributed by atoms with Crippen LogP contribution in [0.3, 0.4) is 0 Å². The molecule has 2 unspecified atom stereocenters. The molecule has 120 valence electrons. The summed E-state index contributed by atoms with van der Waals surface area (Å²) in [5.41, 5.74) is 2.42. The van der Waals surface area contributed by atoms with Gasteiger partial charge in [-0.2, -0.15) is 0 Å². The summed E-state index contributed by atoms with van der Waals surface area (Å²) in [5.74, 6) is 0. The van der Waals surface area contributed by atoms with Gasteiger partial charge in [-0.15, -0.1) is 0 Å². The first-order valence-corrected chi connectivity index (χ1v) is 17.7. The zero-order valence-electron chi connectivity index (χ0n) is 13.2. The topological polar surface area (TPSA) is 0 Å². The molecule has 0 heterocycles. The van der Waals surface area contributed by atoms with E-state index in [-0.39, 0.29) is 3.34 Å². The van der Waals surface area contributed by atoms with Gasteiger partial charge in [0.15, 0.2) is 0 Å². The van der Waals surface area contributed by atoms with Crippen LogP contribution in [0.4, 0.5) is 0 Å². The number of fused-ring (bicyclic) bond motifs is 1. The molecular weight excluding hydrogens is 399 g/mol. The van der Waals surface area contributed by atoms with Gasteiger partial charge in [0.2, 0.25) is 0 Å². The van der Waals surface area contributed by atoms with Crippen molar-refractivity contribution in [2.75, 3.05) is 0 Å². The third-order valence-corrected chi connectivity index (χ3v) is 22.4. The Hall–Kier alpha value is -0.0188. The molecule has 0 radical (unpaired) electrons. The van der Waals surface area contributed by atoms with Crippen molar-refractivity contribution >= 4 is 47.3 Å². The number of hydrogen-bond donors (Lipinski definition) is 0. The van der Waals surface area contributed by atoms with Gasteiger partial charge in [-0.05, 0) is 0 Å². The number of hydrogen-bond acceptors (Lipinski definition) is 0. The summed E-state index contributed by atoms with van der Waals surface area (Å²) in [7, 11) is 18.4. The molecule has 0 nitrogen and oxygen atoms in total. The minimum absolute atomic E-state index is 0.385. The molecule has 0 saturated heterocycles. The molecule has 0 spiro atoms. The van der Waals surface area contributed by atoms with E-state index < -0.39 is 21.5 Å². The van der Waals surface area contributed by atoms with Crippen LogP contribution >= 0.6 is 27.9 Å². The summed E-state index contributed by atoms with van der Waals surface area (Å²) in [4.78, 5) is 0. The normalized spacial score (nSPS) is 22.7. The molecule has 0 fully saturated rings. The van der Waals surface area contributed by atoms with Crippen LogP contribution < -0.4 is 5.19 Å². The van der Waals surface area contributed by atoms with E-state index in [0.717, 1.165) is 6.04 Å². The molecule has 0 amide bonds. The van der Waals surface area contributed by atoms with Gasteiger partial charge in [0.25, 0.3) is 0 Å². The summed E-state index contributed by atoms with van der Waals surface area (Å²) in [6.07, 6.45) is 4.39. The van der Waals surface area contributed by atoms with E-state index in [4.69, 9.17) is 27.9 Å². The molecule has 0 saturated carbocycles. The average Bonchev–Trinajstić information content (AvgIpc) is 2.96. The van der Waals surface area contributed by atoms with E-state index in [2.05, 4.69) is 80.2 Å². The maximum atomic E-state index is 6.84. The molecule has 2 atom stereocenters. The fourth-order valence-corrected chi connectivity index (χ4v) is 23.6. The maximum absolute atomic E-state index is 6.84.